The molecule has 2 N–H and O–H groups in total. The van der Waals surface area contributed by atoms with Crippen molar-refractivity contribution in [1.82, 2.24) is 31.1 Å². The van der Waals surface area contributed by atoms with Crippen LogP contribution in [0.5, 0.6) is 0 Å². The molecule has 0 saturated carbocycles. The fourth-order valence-corrected chi connectivity index (χ4v) is 2.90. The second-order valence-electron chi connectivity index (χ2n) is 5.51. The molecule has 3 aromatic rings. The number of benzene rings is 2. The van der Waals surface area contributed by atoms with Crippen LogP contribution in [0.3, 0.4) is 0 Å². The highest BCUT2D eigenvalue weighted by molar-refractivity contribution is 7.99. The normalized spacial score (nSPS) is 10.4. The molecule has 1 aromatic heterocycles. The Bertz CT molecular complexity index is 943. The van der Waals surface area contributed by atoms with Gasteiger partial charge in [0.2, 0.25) is 11.1 Å². The minimum atomic E-state index is -0.436. The number of aromatic nitrogens is 4. The molecule has 138 valence electrons. The Morgan fingerprint density at radius 1 is 1.07 bits per heavy atom. The number of carbonyl (C=O) groups is 2. The van der Waals surface area contributed by atoms with Crippen LogP contribution in [0.1, 0.15) is 15.9 Å². The average Bonchev–Trinajstić information content (AvgIpc) is 3.14. The Balaban J connectivity index is 1.52. The Morgan fingerprint density at radius 2 is 1.78 bits per heavy atom. The third-order valence-electron chi connectivity index (χ3n) is 3.47. The largest absolute Gasteiger partial charge is 0.272 e. The number of nitrogens with zero attached hydrogens (tertiary/aromatic N) is 4. The van der Waals surface area contributed by atoms with Crippen molar-refractivity contribution >= 4 is 35.2 Å². The van der Waals surface area contributed by atoms with E-state index in [1.165, 1.54) is 0 Å². The molecule has 3 rings (SSSR count). The molecule has 0 aliphatic heterocycles. The first-order valence-corrected chi connectivity index (χ1v) is 9.22. The topological polar surface area (TPSA) is 102 Å². The quantitative estimate of drug-likeness (QED) is 0.501. The van der Waals surface area contributed by atoms with Crippen LogP contribution in [0.2, 0.25) is 5.02 Å². The van der Waals surface area contributed by atoms with E-state index < -0.39 is 5.91 Å². The summed E-state index contributed by atoms with van der Waals surface area (Å²) in [6, 6.07) is 14.0. The summed E-state index contributed by atoms with van der Waals surface area (Å²) < 4.78 is 1.55. The number of rotatable bonds is 5. The number of tetrazole rings is 1. The van der Waals surface area contributed by atoms with Crippen LogP contribution >= 0.6 is 23.4 Å². The van der Waals surface area contributed by atoms with Gasteiger partial charge in [0, 0.05) is 10.6 Å². The SMILES string of the molecule is Cc1ccc(-n2nnnc2SCC(=O)NNC(=O)c2ccc(Cl)cc2)cc1. The Hall–Kier alpha value is -2.91. The lowest BCUT2D eigenvalue weighted by molar-refractivity contribution is -0.119. The van der Waals surface area contributed by atoms with E-state index in [0.717, 1.165) is 23.0 Å². The number of hydrogen-bond acceptors (Lipinski definition) is 6. The highest BCUT2D eigenvalue weighted by atomic mass is 35.5. The molecule has 8 nitrogen and oxygen atoms in total. The third kappa shape index (κ3) is 5.05. The lowest BCUT2D eigenvalue weighted by atomic mass is 10.2. The highest BCUT2D eigenvalue weighted by Crippen LogP contribution is 2.18. The van der Waals surface area contributed by atoms with Gasteiger partial charge >= 0.3 is 0 Å². The second kappa shape index (κ2) is 8.65. The van der Waals surface area contributed by atoms with Gasteiger partial charge in [0.1, 0.15) is 0 Å². The molecule has 0 aliphatic carbocycles. The Kier molecular flexibility index (Phi) is 6.05. The minimum absolute atomic E-state index is 0.0349. The van der Waals surface area contributed by atoms with Crippen LogP contribution in [0.15, 0.2) is 53.7 Å². The summed E-state index contributed by atoms with van der Waals surface area (Å²) in [6.07, 6.45) is 0. The fraction of sp³-hybridized carbons (Fsp3) is 0.118. The van der Waals surface area contributed by atoms with Crippen molar-refractivity contribution in [2.75, 3.05) is 5.75 Å². The van der Waals surface area contributed by atoms with Crippen molar-refractivity contribution in [3.05, 3.63) is 64.7 Å². The zero-order valence-electron chi connectivity index (χ0n) is 14.2. The third-order valence-corrected chi connectivity index (χ3v) is 4.64. The molecule has 0 atom stereocenters. The van der Waals surface area contributed by atoms with Gasteiger partial charge in [-0.15, -0.1) is 5.10 Å². The molecule has 0 aliphatic rings. The number of amides is 2. The molecule has 0 spiro atoms. The van der Waals surface area contributed by atoms with Crippen LogP contribution in [0.4, 0.5) is 0 Å². The highest BCUT2D eigenvalue weighted by Gasteiger charge is 2.12. The van der Waals surface area contributed by atoms with Crippen molar-refractivity contribution in [2.24, 2.45) is 0 Å². The second-order valence-corrected chi connectivity index (χ2v) is 6.89. The number of halogens is 1. The standard InChI is InChI=1S/C17H15ClN6O2S/c1-11-2-8-14(9-3-11)24-17(21-22-23-24)27-10-15(25)19-20-16(26)12-4-6-13(18)7-5-12/h2-9H,10H2,1H3,(H,19,25)(H,20,26). The number of hydrazine groups is 1. The van der Waals surface area contributed by atoms with E-state index in [0.29, 0.717) is 15.7 Å². The van der Waals surface area contributed by atoms with Crippen molar-refractivity contribution in [1.29, 1.82) is 0 Å². The molecule has 0 radical (unpaired) electrons. The van der Waals surface area contributed by atoms with E-state index in [1.807, 2.05) is 31.2 Å². The minimum Gasteiger partial charge on any atom is -0.272 e. The number of carbonyl (C=O) groups excluding carboxylic acids is 2. The summed E-state index contributed by atoms with van der Waals surface area (Å²) in [6.45, 7) is 1.99. The van der Waals surface area contributed by atoms with Crippen LogP contribution < -0.4 is 10.9 Å². The summed E-state index contributed by atoms with van der Waals surface area (Å²) in [7, 11) is 0. The maximum absolute atomic E-state index is 12.0. The lowest BCUT2D eigenvalue weighted by Crippen LogP contribution is -2.42. The first kappa shape index (κ1) is 18.9. The predicted octanol–water partition coefficient (Wildman–Crippen LogP) is 2.18. The van der Waals surface area contributed by atoms with Gasteiger partial charge in [-0.2, -0.15) is 4.68 Å². The summed E-state index contributed by atoms with van der Waals surface area (Å²) in [5, 5.41) is 12.5. The van der Waals surface area contributed by atoms with E-state index in [9.17, 15) is 9.59 Å². The molecule has 1 heterocycles. The molecule has 0 saturated heterocycles. The van der Waals surface area contributed by atoms with E-state index in [-0.39, 0.29) is 11.7 Å². The van der Waals surface area contributed by atoms with Gasteiger partial charge < -0.3 is 0 Å². The number of hydrogen-bond donors (Lipinski definition) is 2. The van der Waals surface area contributed by atoms with Crippen molar-refractivity contribution in [3.63, 3.8) is 0 Å². The molecule has 2 aromatic carbocycles. The molecule has 0 bridgehead atoms. The number of nitrogens with one attached hydrogen (secondary N) is 2. The molecule has 0 unspecified atom stereocenters. The van der Waals surface area contributed by atoms with Gasteiger partial charge in [-0.05, 0) is 53.7 Å². The van der Waals surface area contributed by atoms with E-state index in [2.05, 4.69) is 26.4 Å². The Labute approximate surface area is 164 Å². The predicted molar refractivity (Wildman–Crippen MR) is 102 cm³/mol. The maximum atomic E-state index is 12.0. The average molecular weight is 403 g/mol. The van der Waals surface area contributed by atoms with Gasteiger partial charge in [-0.25, -0.2) is 0 Å². The van der Waals surface area contributed by atoms with Crippen LogP contribution in [-0.4, -0.2) is 37.8 Å². The maximum Gasteiger partial charge on any atom is 0.269 e. The number of aryl methyl sites for hydroxylation is 1. The summed E-state index contributed by atoms with van der Waals surface area (Å²) in [5.41, 5.74) is 7.00. The summed E-state index contributed by atoms with van der Waals surface area (Å²) >= 11 is 6.93. The van der Waals surface area contributed by atoms with Crippen LogP contribution in [0.25, 0.3) is 5.69 Å². The Morgan fingerprint density at radius 3 is 2.48 bits per heavy atom. The molecule has 2 amide bonds. The van der Waals surface area contributed by atoms with Gasteiger partial charge in [-0.3, -0.25) is 20.4 Å². The molecule has 10 heteroatoms. The monoisotopic (exact) mass is 402 g/mol. The molecule has 0 fully saturated rings. The lowest BCUT2D eigenvalue weighted by Gasteiger charge is -2.07. The van der Waals surface area contributed by atoms with Gasteiger partial charge in [0.15, 0.2) is 0 Å². The van der Waals surface area contributed by atoms with Gasteiger partial charge in [-0.1, -0.05) is 41.1 Å². The summed E-state index contributed by atoms with van der Waals surface area (Å²) in [4.78, 5) is 23.9. The fourth-order valence-electron chi connectivity index (χ4n) is 2.08. The van der Waals surface area contributed by atoms with E-state index in [4.69, 9.17) is 11.6 Å². The van der Waals surface area contributed by atoms with Gasteiger partial charge in [0.05, 0.1) is 11.4 Å². The van der Waals surface area contributed by atoms with Crippen LogP contribution in [-0.2, 0) is 4.79 Å². The zero-order chi connectivity index (χ0) is 19.2. The number of thioether (sulfide) groups is 1. The molecule has 27 heavy (non-hydrogen) atoms. The van der Waals surface area contributed by atoms with Crippen molar-refractivity contribution < 1.29 is 9.59 Å². The first-order chi connectivity index (χ1) is 13.0. The molecular weight excluding hydrogens is 388 g/mol. The first-order valence-electron chi connectivity index (χ1n) is 7.86. The molecular formula is C17H15ClN6O2S. The van der Waals surface area contributed by atoms with Gasteiger partial charge in [0.25, 0.3) is 5.91 Å². The zero-order valence-corrected chi connectivity index (χ0v) is 15.8. The smallest absolute Gasteiger partial charge is 0.269 e. The summed E-state index contributed by atoms with van der Waals surface area (Å²) in [5.74, 6) is -0.789. The van der Waals surface area contributed by atoms with E-state index in [1.54, 1.807) is 28.9 Å². The van der Waals surface area contributed by atoms with Crippen LogP contribution in [0, 0.1) is 6.92 Å². The van der Waals surface area contributed by atoms with Crippen molar-refractivity contribution in [3.8, 4) is 5.69 Å². The van der Waals surface area contributed by atoms with E-state index >= 15 is 0 Å². The van der Waals surface area contributed by atoms with Crippen molar-refractivity contribution in [2.45, 2.75) is 12.1 Å².